The van der Waals surface area contributed by atoms with E-state index in [4.69, 9.17) is 14.2 Å². The van der Waals surface area contributed by atoms with Crippen LogP contribution < -0.4 is 14.2 Å². The number of rotatable bonds is 6. The van der Waals surface area contributed by atoms with Gasteiger partial charge in [-0.05, 0) is 55.7 Å². The van der Waals surface area contributed by atoms with Gasteiger partial charge in [-0.1, -0.05) is 30.3 Å². The van der Waals surface area contributed by atoms with E-state index in [9.17, 15) is 4.79 Å². The van der Waals surface area contributed by atoms with Crippen molar-refractivity contribution in [3.63, 3.8) is 0 Å². The van der Waals surface area contributed by atoms with E-state index in [1.165, 1.54) is 5.56 Å². The summed E-state index contributed by atoms with van der Waals surface area (Å²) in [6.07, 6.45) is 5.93. The molecule has 188 valence electrons. The van der Waals surface area contributed by atoms with E-state index < -0.39 is 0 Å². The summed E-state index contributed by atoms with van der Waals surface area (Å²) in [7, 11) is 3.64. The molecule has 0 spiro atoms. The largest absolute Gasteiger partial charge is 0.497 e. The molecule has 0 radical (unpaired) electrons. The molecule has 0 unspecified atom stereocenters. The highest BCUT2D eigenvalue weighted by Crippen LogP contribution is 2.43. The molecule has 37 heavy (non-hydrogen) atoms. The first kappa shape index (κ1) is 23.4. The number of hydrogen-bond acceptors (Lipinski definition) is 5. The van der Waals surface area contributed by atoms with Crippen LogP contribution in [0, 0.1) is 6.92 Å². The molecule has 0 amide bonds. The van der Waals surface area contributed by atoms with E-state index in [1.54, 1.807) is 7.11 Å². The highest BCUT2D eigenvalue weighted by atomic mass is 16.5. The maximum atomic E-state index is 13.4. The summed E-state index contributed by atoms with van der Waals surface area (Å²) in [5.74, 6) is 2.44. The second kappa shape index (κ2) is 9.45. The van der Waals surface area contributed by atoms with Crippen molar-refractivity contribution in [2.45, 2.75) is 26.3 Å². The molecule has 6 nitrogen and oxygen atoms in total. The van der Waals surface area contributed by atoms with E-state index in [-0.39, 0.29) is 5.78 Å². The average Bonchev–Trinajstić information content (AvgIpc) is 3.40. The molecule has 6 heteroatoms. The normalized spacial score (nSPS) is 16.0. The van der Waals surface area contributed by atoms with Crippen molar-refractivity contribution in [2.75, 3.05) is 20.4 Å². The predicted octanol–water partition coefficient (Wildman–Crippen LogP) is 5.90. The lowest BCUT2D eigenvalue weighted by atomic mass is 9.99. The Morgan fingerprint density at radius 3 is 2.73 bits per heavy atom. The molecule has 4 aromatic rings. The van der Waals surface area contributed by atoms with Crippen molar-refractivity contribution in [3.05, 3.63) is 94.4 Å². The van der Waals surface area contributed by atoms with E-state index in [0.717, 1.165) is 65.0 Å². The lowest BCUT2D eigenvalue weighted by Gasteiger charge is -2.30. The average molecular weight is 495 g/mol. The van der Waals surface area contributed by atoms with Crippen LogP contribution in [-0.2, 0) is 20.0 Å². The standard InChI is InChI=1S/C31H30N2O4/c1-20-30-23(18-33(19-36-30)13-7-10-21-8-5-4-6-9-21)14-26-29(34)28(37-31(20)26)15-22-17-32(2)27-12-11-24(35-3)16-25(22)27/h4-6,8-9,11-12,14-17H,7,10,13,18-19H2,1-3H3/b28-15-. The third-order valence-electron chi connectivity index (χ3n) is 7.30. The van der Waals surface area contributed by atoms with Gasteiger partial charge in [0.25, 0.3) is 0 Å². The molecular weight excluding hydrogens is 464 g/mol. The number of nitrogens with zero attached hydrogens (tertiary/aromatic N) is 2. The number of fused-ring (bicyclic) bond motifs is 3. The van der Waals surface area contributed by atoms with Crippen LogP contribution in [0.25, 0.3) is 17.0 Å². The van der Waals surface area contributed by atoms with E-state index in [2.05, 4.69) is 29.2 Å². The maximum Gasteiger partial charge on any atom is 0.231 e. The summed E-state index contributed by atoms with van der Waals surface area (Å²) < 4.78 is 19.8. The van der Waals surface area contributed by atoms with Gasteiger partial charge in [-0.15, -0.1) is 0 Å². The summed E-state index contributed by atoms with van der Waals surface area (Å²) in [6, 6.07) is 18.4. The molecule has 6 rings (SSSR count). The quantitative estimate of drug-likeness (QED) is 0.313. The van der Waals surface area contributed by atoms with Crippen molar-refractivity contribution in [3.8, 4) is 17.2 Å². The first-order valence-electron chi connectivity index (χ1n) is 12.6. The maximum absolute atomic E-state index is 13.4. The van der Waals surface area contributed by atoms with Gasteiger partial charge in [-0.2, -0.15) is 0 Å². The number of Topliss-reactive ketones (excluding diaryl/α,β-unsaturated/α-hetero) is 1. The number of carbonyl (C=O) groups excluding carboxylic acids is 1. The van der Waals surface area contributed by atoms with Crippen molar-refractivity contribution >= 4 is 22.8 Å². The highest BCUT2D eigenvalue weighted by molar-refractivity contribution is 6.15. The Morgan fingerprint density at radius 1 is 1.08 bits per heavy atom. The van der Waals surface area contributed by atoms with Crippen LogP contribution in [0.15, 0.2) is 66.6 Å². The molecule has 3 aromatic carbocycles. The number of benzene rings is 3. The summed E-state index contributed by atoms with van der Waals surface area (Å²) in [5, 5.41) is 1.01. The number of aromatic nitrogens is 1. The molecular formula is C31H30N2O4. The second-order valence-corrected chi connectivity index (χ2v) is 9.80. The summed E-state index contributed by atoms with van der Waals surface area (Å²) >= 11 is 0. The van der Waals surface area contributed by atoms with Crippen LogP contribution in [0.4, 0.5) is 0 Å². The number of carbonyl (C=O) groups is 1. The van der Waals surface area contributed by atoms with E-state index >= 15 is 0 Å². The Kier molecular flexibility index (Phi) is 5.97. The summed E-state index contributed by atoms with van der Waals surface area (Å²) in [6.45, 7) is 4.20. The minimum atomic E-state index is -0.0954. The van der Waals surface area contributed by atoms with E-state index in [1.807, 2.05) is 61.1 Å². The van der Waals surface area contributed by atoms with Crippen LogP contribution >= 0.6 is 0 Å². The van der Waals surface area contributed by atoms with Crippen LogP contribution in [0.5, 0.6) is 17.2 Å². The number of aryl methyl sites for hydroxylation is 2. The third kappa shape index (κ3) is 4.27. The van der Waals surface area contributed by atoms with Gasteiger partial charge in [-0.25, -0.2) is 0 Å². The van der Waals surface area contributed by atoms with Gasteiger partial charge in [0, 0.05) is 53.9 Å². The number of hydrogen-bond donors (Lipinski definition) is 0. The molecule has 2 aliphatic heterocycles. The molecule has 0 bridgehead atoms. The zero-order valence-electron chi connectivity index (χ0n) is 21.4. The molecule has 1 aromatic heterocycles. The number of ether oxygens (including phenoxy) is 3. The smallest absolute Gasteiger partial charge is 0.231 e. The van der Waals surface area contributed by atoms with Crippen LogP contribution in [0.1, 0.15) is 39.0 Å². The zero-order valence-corrected chi connectivity index (χ0v) is 21.4. The molecule has 0 N–H and O–H groups in total. The Hall–Kier alpha value is -4.03. The predicted molar refractivity (Wildman–Crippen MR) is 144 cm³/mol. The minimum Gasteiger partial charge on any atom is -0.497 e. The van der Waals surface area contributed by atoms with Gasteiger partial charge in [0.2, 0.25) is 5.78 Å². The topological polar surface area (TPSA) is 52.9 Å². The number of allylic oxidation sites excluding steroid dienone is 1. The zero-order chi connectivity index (χ0) is 25.5. The minimum absolute atomic E-state index is 0.0954. The highest BCUT2D eigenvalue weighted by Gasteiger charge is 2.33. The van der Waals surface area contributed by atoms with Gasteiger partial charge in [0.15, 0.2) is 5.76 Å². The van der Waals surface area contributed by atoms with Crippen molar-refractivity contribution < 1.29 is 19.0 Å². The first-order valence-corrected chi connectivity index (χ1v) is 12.6. The van der Waals surface area contributed by atoms with Gasteiger partial charge in [-0.3, -0.25) is 9.69 Å². The van der Waals surface area contributed by atoms with Crippen molar-refractivity contribution in [1.82, 2.24) is 9.47 Å². The molecule has 0 saturated carbocycles. The fraction of sp³-hybridized carbons (Fsp3) is 0.258. The molecule has 0 saturated heterocycles. The number of ketones is 1. The lowest BCUT2D eigenvalue weighted by molar-refractivity contribution is 0.0932. The first-order chi connectivity index (χ1) is 18.0. The van der Waals surface area contributed by atoms with Gasteiger partial charge in [0.1, 0.15) is 24.0 Å². The lowest BCUT2D eigenvalue weighted by Crippen LogP contribution is -2.33. The van der Waals surface area contributed by atoms with Crippen LogP contribution in [-0.4, -0.2) is 35.6 Å². The van der Waals surface area contributed by atoms with Gasteiger partial charge in [0.05, 0.1) is 12.7 Å². The van der Waals surface area contributed by atoms with Crippen molar-refractivity contribution in [1.29, 1.82) is 0 Å². The molecule has 2 aliphatic rings. The molecule has 3 heterocycles. The van der Waals surface area contributed by atoms with E-state index in [0.29, 0.717) is 23.8 Å². The Morgan fingerprint density at radius 2 is 1.92 bits per heavy atom. The molecule has 0 atom stereocenters. The SMILES string of the molecule is COc1ccc2c(c1)c(/C=C1\Oc3c(cc4c(c3C)OCN(CCCc3ccccc3)C4)C1=O)cn2C. The summed E-state index contributed by atoms with van der Waals surface area (Å²) in [4.78, 5) is 15.7. The summed E-state index contributed by atoms with van der Waals surface area (Å²) in [5.41, 5.74) is 5.85. The second-order valence-electron chi connectivity index (χ2n) is 9.80. The Balaban J connectivity index is 1.24. The Bertz CT molecular complexity index is 1530. The fourth-order valence-electron chi connectivity index (χ4n) is 5.38. The Labute approximate surface area is 216 Å². The van der Waals surface area contributed by atoms with Gasteiger partial charge >= 0.3 is 0 Å². The molecule has 0 aliphatic carbocycles. The van der Waals surface area contributed by atoms with Crippen LogP contribution in [0.3, 0.4) is 0 Å². The monoisotopic (exact) mass is 494 g/mol. The number of methoxy groups -OCH3 is 1. The van der Waals surface area contributed by atoms with Crippen molar-refractivity contribution in [2.24, 2.45) is 7.05 Å². The fourth-order valence-corrected chi connectivity index (χ4v) is 5.38. The third-order valence-corrected chi connectivity index (χ3v) is 7.30. The molecule has 0 fully saturated rings. The van der Waals surface area contributed by atoms with Gasteiger partial charge < -0.3 is 18.8 Å². The van der Waals surface area contributed by atoms with Crippen LogP contribution in [0.2, 0.25) is 0 Å².